The molecule has 1 heterocycles. The van der Waals surface area contributed by atoms with Gasteiger partial charge in [0.05, 0.1) is 0 Å². The zero-order chi connectivity index (χ0) is 13.0. The summed E-state index contributed by atoms with van der Waals surface area (Å²) in [6, 6.07) is 0.248. The van der Waals surface area contributed by atoms with E-state index in [0.29, 0.717) is 6.42 Å². The van der Waals surface area contributed by atoms with Crippen LogP contribution in [0.25, 0.3) is 0 Å². The van der Waals surface area contributed by atoms with E-state index in [-0.39, 0.29) is 23.8 Å². The molecule has 0 aromatic rings. The highest BCUT2D eigenvalue weighted by atomic mass is 16.2. The second kappa shape index (κ2) is 6.03. The van der Waals surface area contributed by atoms with Crippen LogP contribution in [0.4, 0.5) is 0 Å². The van der Waals surface area contributed by atoms with Crippen LogP contribution < -0.4 is 0 Å². The molecular weight excluding hydrogens is 216 g/mol. The molecule has 0 bridgehead atoms. The first-order valence-electron chi connectivity index (χ1n) is 6.51. The van der Waals surface area contributed by atoms with Gasteiger partial charge in [0, 0.05) is 38.5 Å². The highest BCUT2D eigenvalue weighted by Crippen LogP contribution is 2.20. The van der Waals surface area contributed by atoms with Crippen molar-refractivity contribution in [3.05, 3.63) is 0 Å². The number of hydrogen-bond acceptors (Lipinski definition) is 2. The van der Waals surface area contributed by atoms with Crippen molar-refractivity contribution < 1.29 is 9.59 Å². The Kier molecular flexibility index (Phi) is 4.97. The van der Waals surface area contributed by atoms with Gasteiger partial charge in [-0.3, -0.25) is 9.59 Å². The van der Waals surface area contributed by atoms with Crippen molar-refractivity contribution in [1.29, 1.82) is 0 Å². The maximum absolute atomic E-state index is 12.1. The molecule has 1 saturated heterocycles. The predicted molar refractivity (Wildman–Crippen MR) is 67.5 cm³/mol. The van der Waals surface area contributed by atoms with Crippen molar-refractivity contribution in [2.45, 2.75) is 46.1 Å². The van der Waals surface area contributed by atoms with Crippen molar-refractivity contribution in [3.63, 3.8) is 0 Å². The lowest BCUT2D eigenvalue weighted by Gasteiger charge is -2.34. The van der Waals surface area contributed by atoms with Gasteiger partial charge in [0.2, 0.25) is 11.8 Å². The first-order chi connectivity index (χ1) is 7.97. The van der Waals surface area contributed by atoms with Crippen LogP contribution in [-0.4, -0.2) is 47.8 Å². The maximum atomic E-state index is 12.1. The SMILES string of the molecule is CCC(=O)N1CCC(C(=O)N(C)C(C)C)CC1. The number of nitrogens with zero attached hydrogens (tertiary/aromatic N) is 2. The van der Waals surface area contributed by atoms with E-state index in [9.17, 15) is 9.59 Å². The smallest absolute Gasteiger partial charge is 0.225 e. The van der Waals surface area contributed by atoms with E-state index in [1.807, 2.05) is 37.6 Å². The van der Waals surface area contributed by atoms with Gasteiger partial charge in [-0.05, 0) is 26.7 Å². The van der Waals surface area contributed by atoms with Crippen molar-refractivity contribution in [3.8, 4) is 0 Å². The van der Waals surface area contributed by atoms with Gasteiger partial charge in [-0.25, -0.2) is 0 Å². The Hall–Kier alpha value is -1.06. The third kappa shape index (κ3) is 3.45. The summed E-state index contributed by atoms with van der Waals surface area (Å²) in [5.74, 6) is 0.528. The van der Waals surface area contributed by atoms with Crippen molar-refractivity contribution in [1.82, 2.24) is 9.80 Å². The monoisotopic (exact) mass is 240 g/mol. The zero-order valence-corrected chi connectivity index (χ0v) is 11.4. The number of amides is 2. The molecule has 1 fully saturated rings. The highest BCUT2D eigenvalue weighted by Gasteiger charge is 2.29. The summed E-state index contributed by atoms with van der Waals surface area (Å²) < 4.78 is 0. The van der Waals surface area contributed by atoms with Crippen LogP contribution in [0.15, 0.2) is 0 Å². The summed E-state index contributed by atoms with van der Waals surface area (Å²) in [6.45, 7) is 7.39. The van der Waals surface area contributed by atoms with Crippen molar-refractivity contribution >= 4 is 11.8 Å². The van der Waals surface area contributed by atoms with E-state index in [0.717, 1.165) is 25.9 Å². The lowest BCUT2D eigenvalue weighted by molar-refractivity contribution is -0.140. The summed E-state index contributed by atoms with van der Waals surface area (Å²) in [4.78, 5) is 27.3. The Bertz CT molecular complexity index is 281. The fraction of sp³-hybridized carbons (Fsp3) is 0.846. The number of likely N-dealkylation sites (tertiary alicyclic amines) is 1. The van der Waals surface area contributed by atoms with E-state index in [2.05, 4.69) is 0 Å². The van der Waals surface area contributed by atoms with Gasteiger partial charge in [0.15, 0.2) is 0 Å². The molecule has 0 saturated carbocycles. The Morgan fingerprint density at radius 3 is 2.24 bits per heavy atom. The minimum atomic E-state index is 0.100. The van der Waals surface area contributed by atoms with Crippen molar-refractivity contribution in [2.24, 2.45) is 5.92 Å². The van der Waals surface area contributed by atoms with E-state index < -0.39 is 0 Å². The van der Waals surface area contributed by atoms with Crippen LogP contribution in [0, 0.1) is 5.92 Å². The molecule has 17 heavy (non-hydrogen) atoms. The molecule has 4 heteroatoms. The molecular formula is C13H24N2O2. The number of piperidine rings is 1. The van der Waals surface area contributed by atoms with Gasteiger partial charge in [-0.2, -0.15) is 0 Å². The molecule has 0 spiro atoms. The molecule has 1 rings (SSSR count). The standard InChI is InChI=1S/C13H24N2O2/c1-5-12(16)15-8-6-11(7-9-15)13(17)14(4)10(2)3/h10-11H,5-9H2,1-4H3. The highest BCUT2D eigenvalue weighted by molar-refractivity contribution is 5.80. The number of carbonyl (C=O) groups is 2. The number of rotatable bonds is 3. The number of hydrogen-bond donors (Lipinski definition) is 0. The van der Waals surface area contributed by atoms with E-state index in [4.69, 9.17) is 0 Å². The molecule has 2 amide bonds. The van der Waals surface area contributed by atoms with E-state index in [1.54, 1.807) is 0 Å². The fourth-order valence-electron chi connectivity index (χ4n) is 2.14. The van der Waals surface area contributed by atoms with E-state index >= 15 is 0 Å². The van der Waals surface area contributed by atoms with Crippen LogP contribution in [0.1, 0.15) is 40.0 Å². The molecule has 1 aliphatic heterocycles. The maximum Gasteiger partial charge on any atom is 0.225 e. The van der Waals surface area contributed by atoms with Crippen molar-refractivity contribution in [2.75, 3.05) is 20.1 Å². The summed E-state index contributed by atoms with van der Waals surface area (Å²) in [5, 5.41) is 0. The molecule has 0 atom stereocenters. The molecule has 0 unspecified atom stereocenters. The Balaban J connectivity index is 2.47. The summed E-state index contributed by atoms with van der Waals surface area (Å²) in [5.41, 5.74) is 0. The van der Waals surface area contributed by atoms with Gasteiger partial charge in [0.1, 0.15) is 0 Å². The zero-order valence-electron chi connectivity index (χ0n) is 11.4. The minimum Gasteiger partial charge on any atom is -0.343 e. The molecule has 0 radical (unpaired) electrons. The molecule has 4 nitrogen and oxygen atoms in total. The summed E-state index contributed by atoms with van der Waals surface area (Å²) >= 11 is 0. The Labute approximate surface area is 104 Å². The van der Waals surface area contributed by atoms with Gasteiger partial charge in [0.25, 0.3) is 0 Å². The average Bonchev–Trinajstić information content (AvgIpc) is 2.36. The molecule has 0 aliphatic carbocycles. The summed E-state index contributed by atoms with van der Waals surface area (Å²) in [6.07, 6.45) is 2.17. The van der Waals surface area contributed by atoms with Gasteiger partial charge < -0.3 is 9.80 Å². The summed E-state index contributed by atoms with van der Waals surface area (Å²) in [7, 11) is 1.86. The Morgan fingerprint density at radius 2 is 1.82 bits per heavy atom. The molecule has 1 aliphatic rings. The molecule has 0 aromatic heterocycles. The third-order valence-corrected chi connectivity index (χ3v) is 3.62. The minimum absolute atomic E-state index is 0.100. The van der Waals surface area contributed by atoms with Crippen LogP contribution in [0.5, 0.6) is 0 Å². The van der Waals surface area contributed by atoms with Gasteiger partial charge in [-0.1, -0.05) is 6.92 Å². The topological polar surface area (TPSA) is 40.6 Å². The van der Waals surface area contributed by atoms with Crippen LogP contribution in [0.3, 0.4) is 0 Å². The Morgan fingerprint density at radius 1 is 1.29 bits per heavy atom. The van der Waals surface area contributed by atoms with Gasteiger partial charge in [-0.15, -0.1) is 0 Å². The van der Waals surface area contributed by atoms with Crippen LogP contribution in [0.2, 0.25) is 0 Å². The number of carbonyl (C=O) groups excluding carboxylic acids is 2. The first-order valence-corrected chi connectivity index (χ1v) is 6.51. The molecule has 0 aromatic carbocycles. The third-order valence-electron chi connectivity index (χ3n) is 3.62. The second-order valence-electron chi connectivity index (χ2n) is 5.05. The lowest BCUT2D eigenvalue weighted by atomic mass is 9.95. The average molecular weight is 240 g/mol. The van der Waals surface area contributed by atoms with Crippen LogP contribution >= 0.6 is 0 Å². The fourth-order valence-corrected chi connectivity index (χ4v) is 2.14. The normalized spacial score (nSPS) is 17.4. The van der Waals surface area contributed by atoms with Gasteiger partial charge >= 0.3 is 0 Å². The van der Waals surface area contributed by atoms with Crippen LogP contribution in [-0.2, 0) is 9.59 Å². The lowest BCUT2D eigenvalue weighted by Crippen LogP contribution is -2.44. The quantitative estimate of drug-likeness (QED) is 0.750. The molecule has 0 N–H and O–H groups in total. The second-order valence-corrected chi connectivity index (χ2v) is 5.05. The molecule has 98 valence electrons. The largest absolute Gasteiger partial charge is 0.343 e. The predicted octanol–water partition coefficient (Wildman–Crippen LogP) is 1.50. The first kappa shape index (κ1) is 14.0. The van der Waals surface area contributed by atoms with E-state index in [1.165, 1.54) is 0 Å².